The molecule has 1 atom stereocenters. The molecule has 1 aromatic heterocycles. The molecule has 2 saturated heterocycles. The fourth-order valence-electron chi connectivity index (χ4n) is 3.33. The van der Waals surface area contributed by atoms with Gasteiger partial charge >= 0.3 is 0 Å². The predicted octanol–water partition coefficient (Wildman–Crippen LogP) is 2.92. The Labute approximate surface area is 163 Å². The molecule has 0 aromatic carbocycles. The molecule has 2 N–H and O–H groups in total. The number of hydrogen-bond acceptors (Lipinski definition) is 4. The van der Waals surface area contributed by atoms with Gasteiger partial charge in [0.2, 0.25) is 5.91 Å². The second-order valence-corrected chi connectivity index (χ2v) is 6.91. The molecular formula is C18H30Cl2N4O. The highest BCUT2D eigenvalue weighted by Gasteiger charge is 2.20. The Morgan fingerprint density at radius 3 is 2.60 bits per heavy atom. The van der Waals surface area contributed by atoms with Crippen molar-refractivity contribution in [1.29, 1.82) is 0 Å². The molecule has 0 saturated carbocycles. The van der Waals surface area contributed by atoms with Crippen LogP contribution in [0.2, 0.25) is 0 Å². The summed E-state index contributed by atoms with van der Waals surface area (Å²) in [7, 11) is 0. The van der Waals surface area contributed by atoms with Crippen LogP contribution in [0.1, 0.15) is 44.6 Å². The summed E-state index contributed by atoms with van der Waals surface area (Å²) in [5, 5.41) is 6.29. The van der Waals surface area contributed by atoms with Crippen molar-refractivity contribution in [3.05, 3.63) is 23.9 Å². The standard InChI is InChI=1S/C18H28N4O.2ClH/c1-14-7-10-22(11-8-14)17-6-5-15(12-20-17)13-21-18(23)16-4-2-3-9-19-16;;/h5-6,12,14,16,19H,2-4,7-11,13H2,1H3,(H,21,23);2*1H/t16-;;/m1../s1. The van der Waals surface area contributed by atoms with Crippen LogP contribution in [-0.4, -0.2) is 36.6 Å². The smallest absolute Gasteiger partial charge is 0.237 e. The summed E-state index contributed by atoms with van der Waals surface area (Å²) in [6.45, 7) is 6.01. The van der Waals surface area contributed by atoms with E-state index in [1.54, 1.807) is 0 Å². The van der Waals surface area contributed by atoms with Gasteiger partial charge in [-0.15, -0.1) is 24.8 Å². The topological polar surface area (TPSA) is 57.3 Å². The van der Waals surface area contributed by atoms with E-state index in [9.17, 15) is 4.79 Å². The van der Waals surface area contributed by atoms with Crippen molar-refractivity contribution in [2.24, 2.45) is 5.92 Å². The van der Waals surface area contributed by atoms with Crippen LogP contribution in [0.15, 0.2) is 18.3 Å². The van der Waals surface area contributed by atoms with Gasteiger partial charge in [-0.3, -0.25) is 4.79 Å². The zero-order valence-corrected chi connectivity index (χ0v) is 16.5. The van der Waals surface area contributed by atoms with Gasteiger partial charge in [0.1, 0.15) is 5.82 Å². The number of amides is 1. The van der Waals surface area contributed by atoms with E-state index < -0.39 is 0 Å². The normalized spacial score (nSPS) is 21.0. The van der Waals surface area contributed by atoms with Gasteiger partial charge in [0.25, 0.3) is 0 Å². The number of carbonyl (C=O) groups excluding carboxylic acids is 1. The number of aromatic nitrogens is 1. The molecule has 0 aliphatic carbocycles. The second-order valence-electron chi connectivity index (χ2n) is 6.91. The Morgan fingerprint density at radius 2 is 2.00 bits per heavy atom. The molecular weight excluding hydrogens is 359 g/mol. The number of halogens is 2. The largest absolute Gasteiger partial charge is 0.357 e. The Kier molecular flexibility index (Phi) is 9.54. The predicted molar refractivity (Wildman–Crippen MR) is 107 cm³/mol. The first-order chi connectivity index (χ1) is 11.2. The maximum atomic E-state index is 12.1. The first-order valence-electron chi connectivity index (χ1n) is 8.93. The van der Waals surface area contributed by atoms with Crippen molar-refractivity contribution in [3.8, 4) is 0 Å². The molecule has 3 rings (SSSR count). The summed E-state index contributed by atoms with van der Waals surface area (Å²) in [6, 6.07) is 4.14. The molecule has 0 spiro atoms. The molecule has 2 aliphatic rings. The number of rotatable bonds is 4. The number of pyridine rings is 1. The van der Waals surface area contributed by atoms with Gasteiger partial charge in [0.05, 0.1) is 6.04 Å². The zero-order valence-electron chi connectivity index (χ0n) is 14.9. The maximum Gasteiger partial charge on any atom is 0.237 e. The third-order valence-electron chi connectivity index (χ3n) is 5.01. The molecule has 7 heteroatoms. The van der Waals surface area contributed by atoms with Crippen molar-refractivity contribution in [1.82, 2.24) is 15.6 Å². The lowest BCUT2D eigenvalue weighted by molar-refractivity contribution is -0.123. The van der Waals surface area contributed by atoms with Crippen LogP contribution < -0.4 is 15.5 Å². The molecule has 2 fully saturated rings. The van der Waals surface area contributed by atoms with E-state index >= 15 is 0 Å². The van der Waals surface area contributed by atoms with E-state index in [2.05, 4.69) is 39.6 Å². The number of hydrogen-bond donors (Lipinski definition) is 2. The lowest BCUT2D eigenvalue weighted by Crippen LogP contribution is -2.46. The van der Waals surface area contributed by atoms with Gasteiger partial charge in [-0.2, -0.15) is 0 Å². The van der Waals surface area contributed by atoms with E-state index in [1.165, 1.54) is 19.3 Å². The first kappa shape index (κ1) is 22.0. The molecule has 142 valence electrons. The summed E-state index contributed by atoms with van der Waals surface area (Å²) in [4.78, 5) is 19.0. The lowest BCUT2D eigenvalue weighted by atomic mass is 9.99. The summed E-state index contributed by atoms with van der Waals surface area (Å²) < 4.78 is 0. The van der Waals surface area contributed by atoms with Crippen LogP contribution in [0.5, 0.6) is 0 Å². The fraction of sp³-hybridized carbons (Fsp3) is 0.667. The number of anilines is 1. The number of carbonyl (C=O) groups is 1. The molecule has 0 unspecified atom stereocenters. The van der Waals surface area contributed by atoms with Crippen LogP contribution in [0.25, 0.3) is 0 Å². The number of nitrogens with one attached hydrogen (secondary N) is 2. The highest BCUT2D eigenvalue weighted by Crippen LogP contribution is 2.21. The average Bonchev–Trinajstić information content (AvgIpc) is 2.61. The van der Waals surface area contributed by atoms with E-state index in [-0.39, 0.29) is 36.8 Å². The zero-order chi connectivity index (χ0) is 16.1. The number of nitrogens with zero attached hydrogens (tertiary/aromatic N) is 2. The van der Waals surface area contributed by atoms with Crippen LogP contribution in [-0.2, 0) is 11.3 Å². The minimum atomic E-state index is -0.0219. The van der Waals surface area contributed by atoms with Gasteiger partial charge in [0.15, 0.2) is 0 Å². The molecule has 1 aromatic rings. The van der Waals surface area contributed by atoms with E-state index in [0.717, 1.165) is 49.8 Å². The fourth-order valence-corrected chi connectivity index (χ4v) is 3.33. The third-order valence-corrected chi connectivity index (χ3v) is 5.01. The molecule has 2 aliphatic heterocycles. The van der Waals surface area contributed by atoms with Crippen molar-refractivity contribution in [2.45, 2.75) is 51.6 Å². The maximum absolute atomic E-state index is 12.1. The average molecular weight is 389 g/mol. The van der Waals surface area contributed by atoms with Crippen LogP contribution in [0.3, 0.4) is 0 Å². The van der Waals surface area contributed by atoms with Gasteiger partial charge in [0, 0.05) is 25.8 Å². The second kappa shape index (κ2) is 10.8. The summed E-state index contributed by atoms with van der Waals surface area (Å²) in [5.41, 5.74) is 1.06. The Hall–Kier alpha value is -1.04. The molecule has 5 nitrogen and oxygen atoms in total. The van der Waals surface area contributed by atoms with Crippen LogP contribution in [0.4, 0.5) is 5.82 Å². The summed E-state index contributed by atoms with van der Waals surface area (Å²) in [5.74, 6) is 1.99. The lowest BCUT2D eigenvalue weighted by Gasteiger charge is -2.31. The van der Waals surface area contributed by atoms with Gasteiger partial charge in [-0.25, -0.2) is 4.98 Å². The Bertz CT molecular complexity index is 512. The summed E-state index contributed by atoms with van der Waals surface area (Å²) >= 11 is 0. The van der Waals surface area contributed by atoms with Crippen molar-refractivity contribution >= 4 is 36.5 Å². The van der Waals surface area contributed by atoms with Crippen LogP contribution in [0, 0.1) is 5.92 Å². The van der Waals surface area contributed by atoms with Crippen molar-refractivity contribution in [3.63, 3.8) is 0 Å². The molecule has 0 bridgehead atoms. The van der Waals surface area contributed by atoms with Crippen molar-refractivity contribution < 1.29 is 4.79 Å². The van der Waals surface area contributed by atoms with E-state index in [4.69, 9.17) is 0 Å². The Balaban J connectivity index is 0.00000156. The quantitative estimate of drug-likeness (QED) is 0.832. The number of piperidine rings is 2. The molecule has 25 heavy (non-hydrogen) atoms. The molecule has 3 heterocycles. The summed E-state index contributed by atoms with van der Waals surface area (Å²) in [6.07, 6.45) is 7.63. The van der Waals surface area contributed by atoms with E-state index in [0.29, 0.717) is 6.54 Å². The highest BCUT2D eigenvalue weighted by molar-refractivity contribution is 5.85. The highest BCUT2D eigenvalue weighted by atomic mass is 35.5. The third kappa shape index (κ3) is 6.32. The van der Waals surface area contributed by atoms with Gasteiger partial charge < -0.3 is 15.5 Å². The van der Waals surface area contributed by atoms with Gasteiger partial charge in [-0.1, -0.05) is 19.4 Å². The SMILES string of the molecule is CC1CCN(c2ccc(CNC(=O)[C@H]3CCCCN3)cn2)CC1.Cl.Cl. The minimum Gasteiger partial charge on any atom is -0.357 e. The monoisotopic (exact) mass is 388 g/mol. The van der Waals surface area contributed by atoms with E-state index in [1.807, 2.05) is 6.20 Å². The van der Waals surface area contributed by atoms with Crippen LogP contribution >= 0.6 is 24.8 Å². The molecule has 1 amide bonds. The molecule has 0 radical (unpaired) electrons. The van der Waals surface area contributed by atoms with Gasteiger partial charge in [-0.05, 0) is 49.8 Å². The Morgan fingerprint density at radius 1 is 1.24 bits per heavy atom. The minimum absolute atomic E-state index is 0. The first-order valence-corrected chi connectivity index (χ1v) is 8.93. The van der Waals surface area contributed by atoms with Crippen molar-refractivity contribution in [2.75, 3.05) is 24.5 Å².